The number of ether oxygens (including phenoxy) is 3. The van der Waals surface area contributed by atoms with Gasteiger partial charge in [0.25, 0.3) is 0 Å². The minimum absolute atomic E-state index is 0.0127. The zero-order valence-electron chi connectivity index (χ0n) is 21.3. The number of nitrogens with one attached hydrogen (secondary N) is 2. The summed E-state index contributed by atoms with van der Waals surface area (Å²) in [6, 6.07) is 15.5. The number of benzene rings is 2. The van der Waals surface area contributed by atoms with E-state index in [9.17, 15) is 24.3 Å². The number of alkyl carbamates (subject to hydrolysis) is 1. The van der Waals surface area contributed by atoms with Crippen LogP contribution in [0.5, 0.6) is 0 Å². The standard InChI is InChI=1S/C27H34N2O8/c1-27(2,3)37-26(34)29-21(24(32)35-17-19-10-6-4-7-11-19)14-15-23(31)28-22(16-30)25(33)36-18-20-12-8-5-9-13-20/h4-13,21-22,30H,14-18H2,1-3H3,(H,28,31)(H,29,34)/t21-,22-/m0/s1. The quantitative estimate of drug-likeness (QED) is 0.290. The predicted octanol–water partition coefficient (Wildman–Crippen LogP) is 2.62. The maximum absolute atomic E-state index is 12.7. The molecule has 0 unspecified atom stereocenters. The Morgan fingerprint density at radius 2 is 1.27 bits per heavy atom. The summed E-state index contributed by atoms with van der Waals surface area (Å²) in [6.07, 6.45) is -1.22. The molecule has 200 valence electrons. The van der Waals surface area contributed by atoms with Crippen LogP contribution in [0.15, 0.2) is 60.7 Å². The second-order valence-electron chi connectivity index (χ2n) is 9.23. The molecule has 0 aliphatic carbocycles. The van der Waals surface area contributed by atoms with Crippen LogP contribution >= 0.6 is 0 Å². The van der Waals surface area contributed by atoms with Gasteiger partial charge in [0.15, 0.2) is 6.04 Å². The van der Waals surface area contributed by atoms with E-state index in [1.165, 1.54) is 0 Å². The SMILES string of the molecule is CC(C)(C)OC(=O)N[C@@H](CCC(=O)N[C@@H](CO)C(=O)OCc1ccccc1)C(=O)OCc1ccccc1. The van der Waals surface area contributed by atoms with E-state index >= 15 is 0 Å². The van der Waals surface area contributed by atoms with Crippen LogP contribution in [0.1, 0.15) is 44.7 Å². The number of rotatable bonds is 12. The van der Waals surface area contributed by atoms with Crippen LogP contribution in [0.4, 0.5) is 4.79 Å². The average Bonchev–Trinajstić information content (AvgIpc) is 2.87. The van der Waals surface area contributed by atoms with Gasteiger partial charge in [0.2, 0.25) is 5.91 Å². The summed E-state index contributed by atoms with van der Waals surface area (Å²) in [4.78, 5) is 49.7. The third kappa shape index (κ3) is 11.6. The summed E-state index contributed by atoms with van der Waals surface area (Å²) < 4.78 is 15.7. The molecular formula is C27H34N2O8. The molecule has 2 atom stereocenters. The summed E-state index contributed by atoms with van der Waals surface area (Å²) in [7, 11) is 0. The monoisotopic (exact) mass is 514 g/mol. The number of carbonyl (C=O) groups is 4. The highest BCUT2D eigenvalue weighted by Gasteiger charge is 2.28. The molecule has 2 aromatic rings. The Morgan fingerprint density at radius 1 is 0.784 bits per heavy atom. The lowest BCUT2D eigenvalue weighted by Crippen LogP contribution is -2.47. The molecule has 2 aromatic carbocycles. The minimum atomic E-state index is -1.28. The first-order chi connectivity index (χ1) is 17.6. The Bertz CT molecular complexity index is 1020. The van der Waals surface area contributed by atoms with E-state index in [2.05, 4.69) is 10.6 Å². The summed E-state index contributed by atoms with van der Waals surface area (Å²) in [5.74, 6) is -2.17. The van der Waals surface area contributed by atoms with Gasteiger partial charge in [-0.3, -0.25) is 4.79 Å². The number of hydrogen-bond acceptors (Lipinski definition) is 8. The fraction of sp³-hybridized carbons (Fsp3) is 0.407. The first-order valence-corrected chi connectivity index (χ1v) is 11.9. The fourth-order valence-electron chi connectivity index (χ4n) is 3.08. The molecule has 37 heavy (non-hydrogen) atoms. The Balaban J connectivity index is 1.93. The molecule has 2 amide bonds. The summed E-state index contributed by atoms with van der Waals surface area (Å²) >= 11 is 0. The largest absolute Gasteiger partial charge is 0.459 e. The molecule has 0 heterocycles. The van der Waals surface area contributed by atoms with Crippen molar-refractivity contribution < 1.29 is 38.5 Å². The third-order valence-corrected chi connectivity index (χ3v) is 4.89. The smallest absolute Gasteiger partial charge is 0.408 e. The molecule has 0 fully saturated rings. The summed E-state index contributed by atoms with van der Waals surface area (Å²) in [5, 5.41) is 14.4. The first-order valence-electron chi connectivity index (χ1n) is 11.9. The van der Waals surface area contributed by atoms with Crippen LogP contribution in [0.2, 0.25) is 0 Å². The maximum Gasteiger partial charge on any atom is 0.408 e. The van der Waals surface area contributed by atoms with Gasteiger partial charge in [0.1, 0.15) is 24.9 Å². The van der Waals surface area contributed by atoms with Crippen LogP contribution in [0.25, 0.3) is 0 Å². The topological polar surface area (TPSA) is 140 Å². The van der Waals surface area contributed by atoms with E-state index in [1.807, 2.05) is 12.1 Å². The summed E-state index contributed by atoms with van der Waals surface area (Å²) in [5.41, 5.74) is 0.711. The van der Waals surface area contributed by atoms with E-state index in [1.54, 1.807) is 69.3 Å². The van der Waals surface area contributed by atoms with Gasteiger partial charge in [-0.15, -0.1) is 0 Å². The molecule has 0 aliphatic rings. The highest BCUT2D eigenvalue weighted by molar-refractivity contribution is 5.86. The van der Waals surface area contributed by atoms with Gasteiger partial charge in [0.05, 0.1) is 6.61 Å². The molecule has 0 saturated heterocycles. The minimum Gasteiger partial charge on any atom is -0.459 e. The van der Waals surface area contributed by atoms with Gasteiger partial charge >= 0.3 is 18.0 Å². The number of aliphatic hydroxyl groups is 1. The van der Waals surface area contributed by atoms with E-state index in [4.69, 9.17) is 14.2 Å². The van der Waals surface area contributed by atoms with Crippen molar-refractivity contribution in [2.45, 2.75) is 64.5 Å². The van der Waals surface area contributed by atoms with Crippen molar-refractivity contribution >= 4 is 23.9 Å². The normalized spacial score (nSPS) is 12.5. The molecule has 0 aliphatic heterocycles. The number of aliphatic hydroxyl groups excluding tert-OH is 1. The lowest BCUT2D eigenvalue weighted by Gasteiger charge is -2.23. The molecule has 0 bridgehead atoms. The predicted molar refractivity (Wildman–Crippen MR) is 134 cm³/mol. The zero-order chi connectivity index (χ0) is 27.3. The molecular weight excluding hydrogens is 480 g/mol. The van der Waals surface area contributed by atoms with Crippen molar-refractivity contribution in [2.24, 2.45) is 0 Å². The molecule has 0 aromatic heterocycles. The van der Waals surface area contributed by atoms with Crippen LogP contribution in [0.3, 0.4) is 0 Å². The van der Waals surface area contributed by atoms with Crippen LogP contribution in [-0.2, 0) is 41.8 Å². The number of carbonyl (C=O) groups excluding carboxylic acids is 4. The molecule has 3 N–H and O–H groups in total. The molecule has 10 heteroatoms. The first kappa shape index (κ1) is 29.3. The van der Waals surface area contributed by atoms with Gasteiger partial charge in [-0.2, -0.15) is 0 Å². The van der Waals surface area contributed by atoms with Gasteiger partial charge in [0, 0.05) is 6.42 Å². The Kier molecular flexibility index (Phi) is 11.6. The van der Waals surface area contributed by atoms with Gasteiger partial charge in [-0.1, -0.05) is 60.7 Å². The van der Waals surface area contributed by atoms with Crippen molar-refractivity contribution in [3.63, 3.8) is 0 Å². The van der Waals surface area contributed by atoms with Crippen molar-refractivity contribution in [1.29, 1.82) is 0 Å². The van der Waals surface area contributed by atoms with Gasteiger partial charge < -0.3 is 30.0 Å². The zero-order valence-corrected chi connectivity index (χ0v) is 21.3. The van der Waals surface area contributed by atoms with E-state index < -0.39 is 48.2 Å². The second-order valence-corrected chi connectivity index (χ2v) is 9.23. The van der Waals surface area contributed by atoms with E-state index in [-0.39, 0.29) is 26.1 Å². The van der Waals surface area contributed by atoms with Crippen molar-refractivity contribution in [1.82, 2.24) is 10.6 Å². The van der Waals surface area contributed by atoms with E-state index in [0.29, 0.717) is 0 Å². The summed E-state index contributed by atoms with van der Waals surface area (Å²) in [6.45, 7) is 4.33. The Morgan fingerprint density at radius 3 is 1.73 bits per heavy atom. The van der Waals surface area contributed by atoms with Gasteiger partial charge in [-0.05, 0) is 38.3 Å². The second kappa shape index (κ2) is 14.6. The highest BCUT2D eigenvalue weighted by Crippen LogP contribution is 2.10. The van der Waals surface area contributed by atoms with Crippen molar-refractivity contribution in [3.8, 4) is 0 Å². The number of amides is 2. The molecule has 0 saturated carbocycles. The average molecular weight is 515 g/mol. The maximum atomic E-state index is 12.7. The lowest BCUT2D eigenvalue weighted by molar-refractivity contribution is -0.151. The molecule has 10 nitrogen and oxygen atoms in total. The molecule has 0 spiro atoms. The number of esters is 2. The molecule has 0 radical (unpaired) electrons. The van der Waals surface area contributed by atoms with E-state index in [0.717, 1.165) is 11.1 Å². The van der Waals surface area contributed by atoms with Gasteiger partial charge in [-0.25, -0.2) is 14.4 Å². The highest BCUT2D eigenvalue weighted by atomic mass is 16.6. The third-order valence-electron chi connectivity index (χ3n) is 4.89. The van der Waals surface area contributed by atoms with Crippen molar-refractivity contribution in [3.05, 3.63) is 71.8 Å². The lowest BCUT2D eigenvalue weighted by atomic mass is 10.1. The van der Waals surface area contributed by atoms with Crippen LogP contribution < -0.4 is 10.6 Å². The molecule has 2 rings (SSSR count). The van der Waals surface area contributed by atoms with Crippen LogP contribution in [0, 0.1) is 0 Å². The fourth-order valence-corrected chi connectivity index (χ4v) is 3.08. The Hall–Kier alpha value is -3.92. The van der Waals surface area contributed by atoms with Crippen LogP contribution in [-0.4, -0.2) is 53.3 Å². The Labute approximate surface area is 216 Å². The number of hydrogen-bond donors (Lipinski definition) is 3. The van der Waals surface area contributed by atoms with Crippen molar-refractivity contribution in [2.75, 3.05) is 6.61 Å².